The van der Waals surface area contributed by atoms with Crippen molar-refractivity contribution in [2.45, 2.75) is 6.61 Å². The van der Waals surface area contributed by atoms with E-state index in [0.717, 1.165) is 0 Å². The van der Waals surface area contributed by atoms with Crippen LogP contribution in [-0.2, 0) is 11.3 Å². The number of carbonyl (C=O) groups is 1. The fourth-order valence-corrected chi connectivity index (χ4v) is 3.14. The first kappa shape index (κ1) is 15.3. The molecule has 1 N–H and O–H groups in total. The lowest BCUT2D eigenvalue weighted by Crippen LogP contribution is -2.16. The number of hydrogen-bond donors (Lipinski definition) is 1. The molecule has 0 atom stereocenters. The van der Waals surface area contributed by atoms with Gasteiger partial charge in [0, 0.05) is 10.8 Å². The third-order valence-electron chi connectivity index (χ3n) is 3.52. The number of nitrogens with one attached hydrogen (secondary N) is 1. The number of H-pyrrole nitrogens is 1. The average Bonchev–Trinajstić information content (AvgIpc) is 3.32. The molecule has 8 heteroatoms. The molecule has 0 amide bonds. The van der Waals surface area contributed by atoms with Crippen LogP contribution in [0.25, 0.3) is 21.5 Å². The van der Waals surface area contributed by atoms with Gasteiger partial charge in [-0.2, -0.15) is 5.10 Å². The van der Waals surface area contributed by atoms with Crippen LogP contribution in [0, 0.1) is 0 Å². The Morgan fingerprint density at radius 1 is 1.20 bits per heavy atom. The van der Waals surface area contributed by atoms with E-state index in [4.69, 9.17) is 9.15 Å². The third-order valence-corrected chi connectivity index (χ3v) is 4.43. The summed E-state index contributed by atoms with van der Waals surface area (Å²) in [4.78, 5) is 28.5. The van der Waals surface area contributed by atoms with Crippen molar-refractivity contribution < 1.29 is 13.9 Å². The highest BCUT2D eigenvalue weighted by atomic mass is 32.1. The Balaban J connectivity index is 1.54. The van der Waals surface area contributed by atoms with Crippen molar-refractivity contribution in [3.05, 3.63) is 69.8 Å². The fourth-order valence-electron chi connectivity index (χ4n) is 2.36. The molecule has 0 aliphatic rings. The molecule has 0 aliphatic carbocycles. The predicted molar refractivity (Wildman–Crippen MR) is 91.3 cm³/mol. The standard InChI is InChI=1S/C17H11N3O4S/c21-15-12-5-2-1-4-11(12)14(19-20-15)17(22)24-8-10-9-25-16(18-10)13-6-3-7-23-13/h1-7,9H,8H2,(H,20,21). The highest BCUT2D eigenvalue weighted by molar-refractivity contribution is 7.13. The molecule has 0 unspecified atom stereocenters. The SMILES string of the molecule is O=C(OCc1csc(-c2ccco2)n1)c1n[nH]c(=O)c2ccccc12. The van der Waals surface area contributed by atoms with E-state index in [1.165, 1.54) is 11.3 Å². The largest absolute Gasteiger partial charge is 0.462 e. The van der Waals surface area contributed by atoms with Crippen LogP contribution in [0.3, 0.4) is 0 Å². The van der Waals surface area contributed by atoms with Gasteiger partial charge in [-0.25, -0.2) is 14.9 Å². The Kier molecular flexibility index (Phi) is 3.87. The van der Waals surface area contributed by atoms with E-state index < -0.39 is 5.97 Å². The summed E-state index contributed by atoms with van der Waals surface area (Å²) in [6, 6.07) is 10.3. The number of furan rings is 1. The molecule has 0 fully saturated rings. The number of thiazole rings is 1. The lowest BCUT2D eigenvalue weighted by molar-refractivity contribution is 0.0462. The fraction of sp³-hybridized carbons (Fsp3) is 0.0588. The van der Waals surface area contributed by atoms with Crippen LogP contribution in [0.4, 0.5) is 0 Å². The average molecular weight is 353 g/mol. The Morgan fingerprint density at radius 3 is 2.84 bits per heavy atom. The van der Waals surface area contributed by atoms with Crippen LogP contribution in [0.15, 0.2) is 57.3 Å². The van der Waals surface area contributed by atoms with Gasteiger partial charge in [-0.15, -0.1) is 11.3 Å². The molecule has 0 aliphatic heterocycles. The van der Waals surface area contributed by atoms with E-state index in [2.05, 4.69) is 15.2 Å². The zero-order valence-electron chi connectivity index (χ0n) is 12.8. The Labute approximate surface area is 144 Å². The van der Waals surface area contributed by atoms with Gasteiger partial charge >= 0.3 is 5.97 Å². The molecule has 0 radical (unpaired) electrons. The summed E-state index contributed by atoms with van der Waals surface area (Å²) in [5, 5.41) is 9.48. The number of rotatable bonds is 4. The Bertz CT molecular complexity index is 1100. The van der Waals surface area contributed by atoms with Crippen LogP contribution in [0.1, 0.15) is 16.2 Å². The molecule has 4 aromatic rings. The van der Waals surface area contributed by atoms with Crippen molar-refractivity contribution in [2.75, 3.05) is 0 Å². The first-order valence-electron chi connectivity index (χ1n) is 7.35. The highest BCUT2D eigenvalue weighted by Gasteiger charge is 2.16. The molecule has 7 nitrogen and oxygen atoms in total. The molecule has 25 heavy (non-hydrogen) atoms. The molecular weight excluding hydrogens is 342 g/mol. The molecule has 3 heterocycles. The van der Waals surface area contributed by atoms with Gasteiger partial charge in [0.25, 0.3) is 5.56 Å². The van der Waals surface area contributed by atoms with E-state index in [1.54, 1.807) is 42.0 Å². The van der Waals surface area contributed by atoms with Crippen LogP contribution in [0.5, 0.6) is 0 Å². The van der Waals surface area contributed by atoms with Gasteiger partial charge < -0.3 is 9.15 Å². The zero-order valence-corrected chi connectivity index (χ0v) is 13.6. The van der Waals surface area contributed by atoms with Gasteiger partial charge in [0.15, 0.2) is 16.5 Å². The van der Waals surface area contributed by atoms with E-state index in [-0.39, 0.29) is 17.9 Å². The molecule has 4 rings (SSSR count). The van der Waals surface area contributed by atoms with Crippen molar-refractivity contribution in [2.24, 2.45) is 0 Å². The molecule has 124 valence electrons. The van der Waals surface area contributed by atoms with E-state index in [1.807, 2.05) is 6.07 Å². The van der Waals surface area contributed by atoms with E-state index in [9.17, 15) is 9.59 Å². The van der Waals surface area contributed by atoms with Crippen LogP contribution in [-0.4, -0.2) is 21.2 Å². The Hall–Kier alpha value is -3.26. The minimum Gasteiger partial charge on any atom is -0.462 e. The summed E-state index contributed by atoms with van der Waals surface area (Å²) >= 11 is 1.40. The quantitative estimate of drug-likeness (QED) is 0.566. The van der Waals surface area contributed by atoms with Crippen LogP contribution in [0.2, 0.25) is 0 Å². The van der Waals surface area contributed by atoms with Gasteiger partial charge in [0.05, 0.1) is 17.3 Å². The second-order valence-corrected chi connectivity index (χ2v) is 6.00. The van der Waals surface area contributed by atoms with E-state index >= 15 is 0 Å². The van der Waals surface area contributed by atoms with Gasteiger partial charge in [-0.05, 0) is 18.2 Å². The van der Waals surface area contributed by atoms with Crippen LogP contribution >= 0.6 is 11.3 Å². The monoisotopic (exact) mass is 353 g/mol. The van der Waals surface area contributed by atoms with Crippen molar-refractivity contribution in [3.8, 4) is 10.8 Å². The Morgan fingerprint density at radius 2 is 2.04 bits per heavy atom. The van der Waals surface area contributed by atoms with Gasteiger partial charge in [0.1, 0.15) is 6.61 Å². The molecule has 1 aromatic carbocycles. The number of hydrogen-bond acceptors (Lipinski definition) is 7. The van der Waals surface area contributed by atoms with Crippen LogP contribution < -0.4 is 5.56 Å². The molecule has 0 saturated heterocycles. The number of fused-ring (bicyclic) bond motifs is 1. The summed E-state index contributed by atoms with van der Waals surface area (Å²) in [7, 11) is 0. The predicted octanol–water partition coefficient (Wildman–Crippen LogP) is 3.00. The smallest absolute Gasteiger partial charge is 0.359 e. The van der Waals surface area contributed by atoms with Gasteiger partial charge in [-0.3, -0.25) is 4.79 Å². The maximum absolute atomic E-state index is 12.3. The summed E-state index contributed by atoms with van der Waals surface area (Å²) in [6.07, 6.45) is 1.57. The lowest BCUT2D eigenvalue weighted by atomic mass is 10.1. The topological polar surface area (TPSA) is 98.1 Å². The summed E-state index contributed by atoms with van der Waals surface area (Å²) in [5.41, 5.74) is 0.324. The number of aromatic nitrogens is 3. The first-order chi connectivity index (χ1) is 12.2. The maximum Gasteiger partial charge on any atom is 0.359 e. The minimum absolute atomic E-state index is 0.00513. The third kappa shape index (κ3) is 2.94. The zero-order chi connectivity index (χ0) is 17.2. The number of ether oxygens (including phenoxy) is 1. The minimum atomic E-state index is -0.625. The number of aromatic amines is 1. The number of esters is 1. The molecule has 0 saturated carbocycles. The first-order valence-corrected chi connectivity index (χ1v) is 8.23. The number of nitrogens with zero attached hydrogens (tertiary/aromatic N) is 2. The van der Waals surface area contributed by atoms with Crippen molar-refractivity contribution in [1.82, 2.24) is 15.2 Å². The number of benzene rings is 1. The summed E-state index contributed by atoms with van der Waals surface area (Å²) in [5.74, 6) is 0.0378. The summed E-state index contributed by atoms with van der Waals surface area (Å²) < 4.78 is 10.6. The van der Waals surface area contributed by atoms with Gasteiger partial charge in [-0.1, -0.05) is 18.2 Å². The summed E-state index contributed by atoms with van der Waals surface area (Å²) in [6.45, 7) is 0.00513. The second-order valence-electron chi connectivity index (χ2n) is 5.14. The molecule has 0 bridgehead atoms. The van der Waals surface area contributed by atoms with Gasteiger partial charge in [0.2, 0.25) is 0 Å². The molecule has 0 spiro atoms. The highest BCUT2D eigenvalue weighted by Crippen LogP contribution is 2.24. The number of carbonyl (C=O) groups excluding carboxylic acids is 1. The normalized spacial score (nSPS) is 10.9. The van der Waals surface area contributed by atoms with Crippen molar-refractivity contribution >= 4 is 28.1 Å². The molecule has 3 aromatic heterocycles. The second kappa shape index (κ2) is 6.33. The van der Waals surface area contributed by atoms with Crippen molar-refractivity contribution in [3.63, 3.8) is 0 Å². The molecular formula is C17H11N3O4S. The lowest BCUT2D eigenvalue weighted by Gasteiger charge is -2.04. The van der Waals surface area contributed by atoms with Crippen molar-refractivity contribution in [1.29, 1.82) is 0 Å². The van der Waals surface area contributed by atoms with E-state index in [0.29, 0.717) is 27.2 Å². The maximum atomic E-state index is 12.3.